The number of rotatable bonds is 6. The summed E-state index contributed by atoms with van der Waals surface area (Å²) in [5.41, 5.74) is 0. The molecule has 0 aromatic heterocycles. The molecule has 1 N–H and O–H groups in total. The summed E-state index contributed by atoms with van der Waals surface area (Å²) in [5.74, 6) is 0. The average Bonchev–Trinajstić information content (AvgIpc) is 2.25. The number of hydrogen-bond acceptors (Lipinski definition) is 2. The second kappa shape index (κ2) is 7.24. The van der Waals surface area contributed by atoms with E-state index < -0.39 is 0 Å². The SMILES string of the molecule is CCCCN(CCC)C1CCCCN1. The summed E-state index contributed by atoms with van der Waals surface area (Å²) in [6.45, 7) is 8.32. The van der Waals surface area contributed by atoms with Gasteiger partial charge in [0.1, 0.15) is 0 Å². The maximum absolute atomic E-state index is 3.64. The Bertz CT molecular complexity index is 130. The van der Waals surface area contributed by atoms with E-state index in [1.807, 2.05) is 0 Å². The highest BCUT2D eigenvalue weighted by Crippen LogP contribution is 2.12. The van der Waals surface area contributed by atoms with Crippen LogP contribution in [0.4, 0.5) is 0 Å². The monoisotopic (exact) mass is 198 g/mol. The Morgan fingerprint density at radius 3 is 2.57 bits per heavy atom. The molecule has 1 saturated heterocycles. The fraction of sp³-hybridized carbons (Fsp3) is 1.00. The molecule has 0 bridgehead atoms. The molecule has 84 valence electrons. The third kappa shape index (κ3) is 3.97. The lowest BCUT2D eigenvalue weighted by molar-refractivity contribution is 0.135. The van der Waals surface area contributed by atoms with Gasteiger partial charge in [-0.15, -0.1) is 0 Å². The van der Waals surface area contributed by atoms with Gasteiger partial charge in [-0.25, -0.2) is 0 Å². The normalized spacial score (nSPS) is 22.9. The van der Waals surface area contributed by atoms with Gasteiger partial charge in [0.05, 0.1) is 6.17 Å². The van der Waals surface area contributed by atoms with Crippen LogP contribution in [0.2, 0.25) is 0 Å². The molecular weight excluding hydrogens is 172 g/mol. The van der Waals surface area contributed by atoms with Crippen LogP contribution in [0.5, 0.6) is 0 Å². The van der Waals surface area contributed by atoms with Crippen LogP contribution in [-0.2, 0) is 0 Å². The molecule has 1 aliphatic rings. The first-order valence-corrected chi connectivity index (χ1v) is 6.36. The highest BCUT2D eigenvalue weighted by Gasteiger charge is 2.18. The molecule has 1 heterocycles. The van der Waals surface area contributed by atoms with Crippen molar-refractivity contribution in [3.05, 3.63) is 0 Å². The van der Waals surface area contributed by atoms with E-state index in [9.17, 15) is 0 Å². The summed E-state index contributed by atoms with van der Waals surface area (Å²) in [5, 5.41) is 3.64. The standard InChI is InChI=1S/C12H26N2/c1-3-5-11-14(10-4-2)12-8-6-7-9-13-12/h12-13H,3-11H2,1-2H3. The van der Waals surface area contributed by atoms with Gasteiger partial charge in [-0.2, -0.15) is 0 Å². The maximum atomic E-state index is 3.64. The summed E-state index contributed by atoms with van der Waals surface area (Å²) in [7, 11) is 0. The molecule has 14 heavy (non-hydrogen) atoms. The third-order valence-electron chi connectivity index (χ3n) is 3.03. The van der Waals surface area contributed by atoms with Crippen LogP contribution in [0.1, 0.15) is 52.4 Å². The summed E-state index contributed by atoms with van der Waals surface area (Å²) < 4.78 is 0. The quantitative estimate of drug-likeness (QED) is 0.706. The van der Waals surface area contributed by atoms with Crippen LogP contribution in [-0.4, -0.2) is 30.7 Å². The van der Waals surface area contributed by atoms with Crippen molar-refractivity contribution in [2.75, 3.05) is 19.6 Å². The Morgan fingerprint density at radius 1 is 1.14 bits per heavy atom. The van der Waals surface area contributed by atoms with E-state index in [2.05, 4.69) is 24.1 Å². The van der Waals surface area contributed by atoms with Crippen LogP contribution >= 0.6 is 0 Å². The lowest BCUT2D eigenvalue weighted by Crippen LogP contribution is -2.48. The molecule has 1 unspecified atom stereocenters. The summed E-state index contributed by atoms with van der Waals surface area (Å²) in [6.07, 6.45) is 8.74. The average molecular weight is 198 g/mol. The molecule has 0 aromatic rings. The lowest BCUT2D eigenvalue weighted by Gasteiger charge is -2.35. The van der Waals surface area contributed by atoms with Gasteiger partial charge in [-0.3, -0.25) is 4.90 Å². The van der Waals surface area contributed by atoms with Gasteiger partial charge in [0, 0.05) is 0 Å². The first-order chi connectivity index (χ1) is 6.88. The first kappa shape index (κ1) is 12.0. The Labute approximate surface area is 89.1 Å². The molecule has 0 saturated carbocycles. The number of nitrogens with zero attached hydrogens (tertiary/aromatic N) is 1. The van der Waals surface area contributed by atoms with Crippen molar-refractivity contribution < 1.29 is 0 Å². The van der Waals surface area contributed by atoms with Crippen LogP contribution < -0.4 is 5.32 Å². The minimum absolute atomic E-state index is 0.676. The van der Waals surface area contributed by atoms with E-state index in [0.717, 1.165) is 0 Å². The van der Waals surface area contributed by atoms with E-state index in [0.29, 0.717) is 6.17 Å². The first-order valence-electron chi connectivity index (χ1n) is 6.36. The molecule has 1 fully saturated rings. The zero-order valence-electron chi connectivity index (χ0n) is 9.89. The number of unbranched alkanes of at least 4 members (excludes halogenated alkanes) is 1. The van der Waals surface area contributed by atoms with Gasteiger partial charge in [0.2, 0.25) is 0 Å². The van der Waals surface area contributed by atoms with Crippen molar-refractivity contribution in [3.8, 4) is 0 Å². The van der Waals surface area contributed by atoms with Crippen molar-refractivity contribution >= 4 is 0 Å². The van der Waals surface area contributed by atoms with Crippen LogP contribution in [0.3, 0.4) is 0 Å². The van der Waals surface area contributed by atoms with Crippen LogP contribution in [0.25, 0.3) is 0 Å². The molecule has 1 rings (SSSR count). The number of nitrogens with one attached hydrogen (secondary N) is 1. The van der Waals surface area contributed by atoms with E-state index in [-0.39, 0.29) is 0 Å². The zero-order chi connectivity index (χ0) is 10.2. The molecule has 0 aromatic carbocycles. The van der Waals surface area contributed by atoms with Crippen molar-refractivity contribution in [2.24, 2.45) is 0 Å². The molecule has 0 radical (unpaired) electrons. The fourth-order valence-corrected chi connectivity index (χ4v) is 2.22. The lowest BCUT2D eigenvalue weighted by atomic mass is 10.1. The van der Waals surface area contributed by atoms with Crippen molar-refractivity contribution in [1.29, 1.82) is 0 Å². The van der Waals surface area contributed by atoms with Crippen molar-refractivity contribution in [1.82, 2.24) is 10.2 Å². The second-order valence-electron chi connectivity index (χ2n) is 4.36. The molecule has 2 nitrogen and oxygen atoms in total. The van der Waals surface area contributed by atoms with E-state index >= 15 is 0 Å². The fourth-order valence-electron chi connectivity index (χ4n) is 2.22. The predicted molar refractivity (Wildman–Crippen MR) is 62.4 cm³/mol. The number of piperidine rings is 1. The summed E-state index contributed by atoms with van der Waals surface area (Å²) in [4.78, 5) is 2.64. The van der Waals surface area contributed by atoms with E-state index in [1.54, 1.807) is 0 Å². The molecular formula is C12H26N2. The maximum Gasteiger partial charge on any atom is 0.0597 e. The summed E-state index contributed by atoms with van der Waals surface area (Å²) in [6, 6.07) is 0. The molecule has 0 amide bonds. The second-order valence-corrected chi connectivity index (χ2v) is 4.36. The molecule has 0 spiro atoms. The highest BCUT2D eigenvalue weighted by molar-refractivity contribution is 4.73. The molecule has 0 aliphatic carbocycles. The predicted octanol–water partition coefficient (Wildman–Crippen LogP) is 2.60. The van der Waals surface area contributed by atoms with Gasteiger partial charge < -0.3 is 5.32 Å². The number of hydrogen-bond donors (Lipinski definition) is 1. The third-order valence-corrected chi connectivity index (χ3v) is 3.03. The Hall–Kier alpha value is -0.0800. The Morgan fingerprint density at radius 2 is 2.00 bits per heavy atom. The van der Waals surface area contributed by atoms with Gasteiger partial charge in [0.25, 0.3) is 0 Å². The highest BCUT2D eigenvalue weighted by atomic mass is 15.3. The van der Waals surface area contributed by atoms with Crippen LogP contribution in [0.15, 0.2) is 0 Å². The largest absolute Gasteiger partial charge is 0.302 e. The topological polar surface area (TPSA) is 15.3 Å². The smallest absolute Gasteiger partial charge is 0.0597 e. The van der Waals surface area contributed by atoms with Crippen molar-refractivity contribution in [3.63, 3.8) is 0 Å². The van der Waals surface area contributed by atoms with E-state index in [4.69, 9.17) is 0 Å². The van der Waals surface area contributed by atoms with E-state index in [1.165, 1.54) is 58.2 Å². The Kier molecular flexibility index (Phi) is 6.20. The minimum Gasteiger partial charge on any atom is -0.302 e. The van der Waals surface area contributed by atoms with Crippen LogP contribution in [0, 0.1) is 0 Å². The summed E-state index contributed by atoms with van der Waals surface area (Å²) >= 11 is 0. The van der Waals surface area contributed by atoms with Gasteiger partial charge in [-0.05, 0) is 51.7 Å². The van der Waals surface area contributed by atoms with Crippen molar-refractivity contribution in [2.45, 2.75) is 58.5 Å². The van der Waals surface area contributed by atoms with Gasteiger partial charge >= 0.3 is 0 Å². The molecule has 1 aliphatic heterocycles. The minimum atomic E-state index is 0.676. The molecule has 1 atom stereocenters. The Balaban J connectivity index is 2.30. The van der Waals surface area contributed by atoms with Gasteiger partial charge in [-0.1, -0.05) is 20.3 Å². The molecule has 2 heteroatoms. The zero-order valence-corrected chi connectivity index (χ0v) is 9.89. The van der Waals surface area contributed by atoms with Gasteiger partial charge in [0.15, 0.2) is 0 Å².